The molecule has 2 heterocycles. The lowest BCUT2D eigenvalue weighted by Gasteiger charge is -2.24. The summed E-state index contributed by atoms with van der Waals surface area (Å²) in [5.41, 5.74) is -0.281. The number of nitrogens with zero attached hydrogens (tertiary/aromatic N) is 3. The average molecular weight is 434 g/mol. The average Bonchev–Trinajstić information content (AvgIpc) is 2.91. The van der Waals surface area contributed by atoms with E-state index in [0.717, 1.165) is 17.0 Å². The molecule has 2 saturated heterocycles. The SMILES string of the molecule is CCN1CCN(c2c(F)cc(N3C[C@H](CNC(=O)C(F)F)OC3=O)cc2F)CCO1. The summed E-state index contributed by atoms with van der Waals surface area (Å²) in [5.74, 6) is -3.19. The molecule has 166 valence electrons. The van der Waals surface area contributed by atoms with Crippen molar-refractivity contribution in [3.05, 3.63) is 23.8 Å². The number of hydrogen-bond donors (Lipinski definition) is 1. The third-order valence-electron chi connectivity index (χ3n) is 4.81. The topological polar surface area (TPSA) is 74.4 Å². The Morgan fingerprint density at radius 3 is 2.57 bits per heavy atom. The molecule has 0 radical (unpaired) electrons. The molecule has 1 aromatic rings. The number of ether oxygens (including phenoxy) is 1. The Labute approximate surface area is 170 Å². The first kappa shape index (κ1) is 22.1. The number of nitrogens with one attached hydrogen (secondary N) is 1. The van der Waals surface area contributed by atoms with Crippen molar-refractivity contribution in [2.24, 2.45) is 0 Å². The molecule has 2 aliphatic heterocycles. The summed E-state index contributed by atoms with van der Waals surface area (Å²) >= 11 is 0. The molecule has 3 rings (SSSR count). The number of hydroxylamine groups is 2. The monoisotopic (exact) mass is 434 g/mol. The van der Waals surface area contributed by atoms with Gasteiger partial charge in [-0.3, -0.25) is 14.5 Å². The molecule has 0 aliphatic carbocycles. The van der Waals surface area contributed by atoms with Crippen molar-refractivity contribution in [3.8, 4) is 0 Å². The number of alkyl halides is 2. The minimum absolute atomic E-state index is 0.0670. The second-order valence-electron chi connectivity index (χ2n) is 6.76. The van der Waals surface area contributed by atoms with Crippen LogP contribution in [-0.2, 0) is 14.4 Å². The van der Waals surface area contributed by atoms with Crippen molar-refractivity contribution in [1.82, 2.24) is 10.4 Å². The van der Waals surface area contributed by atoms with Gasteiger partial charge in [-0.2, -0.15) is 13.8 Å². The number of rotatable bonds is 6. The Hall–Kier alpha value is -2.60. The van der Waals surface area contributed by atoms with Gasteiger partial charge in [0.25, 0.3) is 5.91 Å². The minimum atomic E-state index is -3.19. The van der Waals surface area contributed by atoms with Crippen molar-refractivity contribution < 1.29 is 36.7 Å². The van der Waals surface area contributed by atoms with Crippen LogP contribution in [0.15, 0.2) is 12.1 Å². The van der Waals surface area contributed by atoms with Gasteiger partial charge >= 0.3 is 12.5 Å². The van der Waals surface area contributed by atoms with Crippen LogP contribution in [0, 0.1) is 11.6 Å². The van der Waals surface area contributed by atoms with Crippen molar-refractivity contribution >= 4 is 23.4 Å². The number of hydrogen-bond acceptors (Lipinski definition) is 6. The molecule has 0 aromatic heterocycles. The molecule has 0 unspecified atom stereocenters. The summed E-state index contributed by atoms with van der Waals surface area (Å²) in [7, 11) is 0. The van der Waals surface area contributed by atoms with E-state index in [9.17, 15) is 27.2 Å². The number of halogens is 4. The van der Waals surface area contributed by atoms with Crippen LogP contribution in [0.5, 0.6) is 0 Å². The van der Waals surface area contributed by atoms with Crippen LogP contribution < -0.4 is 15.1 Å². The molecule has 1 aromatic carbocycles. The largest absolute Gasteiger partial charge is 0.442 e. The summed E-state index contributed by atoms with van der Waals surface area (Å²) in [6.45, 7) is 3.47. The summed E-state index contributed by atoms with van der Waals surface area (Å²) in [4.78, 5) is 31.0. The molecule has 8 nitrogen and oxygen atoms in total. The van der Waals surface area contributed by atoms with Gasteiger partial charge in [0.2, 0.25) is 0 Å². The third-order valence-corrected chi connectivity index (χ3v) is 4.81. The summed E-state index contributed by atoms with van der Waals surface area (Å²) in [6.07, 6.45) is -5.00. The first-order valence-electron chi connectivity index (χ1n) is 9.46. The van der Waals surface area contributed by atoms with Crippen molar-refractivity contribution in [1.29, 1.82) is 0 Å². The van der Waals surface area contributed by atoms with Crippen molar-refractivity contribution in [2.45, 2.75) is 19.5 Å². The van der Waals surface area contributed by atoms with E-state index in [-0.39, 0.29) is 31.1 Å². The maximum atomic E-state index is 14.8. The predicted octanol–water partition coefficient (Wildman–Crippen LogP) is 1.74. The van der Waals surface area contributed by atoms with Gasteiger partial charge < -0.3 is 15.0 Å². The molecule has 1 atom stereocenters. The quantitative estimate of drug-likeness (QED) is 0.688. The van der Waals surface area contributed by atoms with E-state index in [4.69, 9.17) is 9.57 Å². The van der Waals surface area contributed by atoms with E-state index in [1.54, 1.807) is 5.06 Å². The highest BCUT2D eigenvalue weighted by Gasteiger charge is 2.34. The van der Waals surface area contributed by atoms with Gasteiger partial charge in [-0.25, -0.2) is 13.6 Å². The van der Waals surface area contributed by atoms with Crippen LogP contribution in [-0.4, -0.2) is 75.5 Å². The Morgan fingerprint density at radius 1 is 1.23 bits per heavy atom. The molecular formula is C18H22F4N4O4. The molecule has 0 bridgehead atoms. The second kappa shape index (κ2) is 9.47. The number of amides is 2. The fraction of sp³-hybridized carbons (Fsp3) is 0.556. The van der Waals surface area contributed by atoms with E-state index in [1.165, 1.54) is 4.90 Å². The molecule has 1 N–H and O–H groups in total. The van der Waals surface area contributed by atoms with Crippen LogP contribution in [0.3, 0.4) is 0 Å². The Morgan fingerprint density at radius 2 is 1.93 bits per heavy atom. The molecular weight excluding hydrogens is 412 g/mol. The van der Waals surface area contributed by atoms with Gasteiger partial charge in [-0.15, -0.1) is 0 Å². The summed E-state index contributed by atoms with van der Waals surface area (Å²) < 4.78 is 59.0. The normalized spacial score (nSPS) is 20.5. The minimum Gasteiger partial charge on any atom is -0.442 e. The number of likely N-dealkylation sites (N-methyl/N-ethyl adjacent to an activating group) is 1. The molecule has 12 heteroatoms. The van der Waals surface area contributed by atoms with Crippen LogP contribution in [0.4, 0.5) is 33.7 Å². The van der Waals surface area contributed by atoms with Gasteiger partial charge in [0, 0.05) is 38.3 Å². The molecule has 2 amide bonds. The third kappa shape index (κ3) is 4.93. The van der Waals surface area contributed by atoms with E-state index in [1.807, 2.05) is 12.2 Å². The van der Waals surface area contributed by atoms with E-state index in [0.29, 0.717) is 26.2 Å². The molecule has 2 aliphatic rings. The van der Waals surface area contributed by atoms with Crippen molar-refractivity contribution in [3.63, 3.8) is 0 Å². The van der Waals surface area contributed by atoms with Gasteiger partial charge in [-0.05, 0) is 0 Å². The molecule has 0 saturated carbocycles. The van der Waals surface area contributed by atoms with Crippen LogP contribution in [0.25, 0.3) is 0 Å². The number of carbonyl (C=O) groups excluding carboxylic acids is 2. The first-order chi connectivity index (χ1) is 14.3. The highest BCUT2D eigenvalue weighted by Crippen LogP contribution is 2.31. The fourth-order valence-corrected chi connectivity index (χ4v) is 3.30. The predicted molar refractivity (Wildman–Crippen MR) is 98.4 cm³/mol. The lowest BCUT2D eigenvalue weighted by atomic mass is 10.2. The summed E-state index contributed by atoms with van der Waals surface area (Å²) in [6, 6.07) is 2.03. The standard InChI is InChI=1S/C18H22F4N4O4/c1-2-25-4-3-24(5-6-29-25)15-13(19)7-11(8-14(15)20)26-10-12(30-18(26)28)9-23-17(27)16(21)22/h7-8,12,16H,2-6,9-10H2,1H3,(H,23,27)/t12-/m0/s1. The zero-order valence-electron chi connectivity index (χ0n) is 16.2. The Kier molecular flexibility index (Phi) is 6.98. The van der Waals surface area contributed by atoms with E-state index >= 15 is 0 Å². The zero-order chi connectivity index (χ0) is 21.8. The molecule has 0 spiro atoms. The van der Waals surface area contributed by atoms with Gasteiger partial charge in [-0.1, -0.05) is 6.92 Å². The summed E-state index contributed by atoms with van der Waals surface area (Å²) in [5, 5.41) is 3.65. The highest BCUT2D eigenvalue weighted by atomic mass is 19.3. The number of carbonyl (C=O) groups is 2. The first-order valence-corrected chi connectivity index (χ1v) is 9.46. The van der Waals surface area contributed by atoms with Crippen LogP contribution in [0.1, 0.15) is 6.92 Å². The lowest BCUT2D eigenvalue weighted by Crippen LogP contribution is -2.37. The highest BCUT2D eigenvalue weighted by molar-refractivity contribution is 5.90. The van der Waals surface area contributed by atoms with Crippen LogP contribution in [0.2, 0.25) is 0 Å². The molecule has 2 fully saturated rings. The zero-order valence-corrected chi connectivity index (χ0v) is 16.2. The number of anilines is 2. The lowest BCUT2D eigenvalue weighted by molar-refractivity contribution is -0.143. The van der Waals surface area contributed by atoms with E-state index in [2.05, 4.69) is 0 Å². The maximum Gasteiger partial charge on any atom is 0.414 e. The van der Waals surface area contributed by atoms with Gasteiger partial charge in [0.15, 0.2) is 11.6 Å². The number of cyclic esters (lactones) is 1. The van der Waals surface area contributed by atoms with Crippen LogP contribution >= 0.6 is 0 Å². The maximum absolute atomic E-state index is 14.8. The van der Waals surface area contributed by atoms with Gasteiger partial charge in [0.05, 0.1) is 25.4 Å². The van der Waals surface area contributed by atoms with Gasteiger partial charge in [0.1, 0.15) is 11.8 Å². The smallest absolute Gasteiger partial charge is 0.414 e. The fourth-order valence-electron chi connectivity index (χ4n) is 3.30. The number of benzene rings is 1. The molecule has 30 heavy (non-hydrogen) atoms. The Balaban J connectivity index is 1.70. The Bertz CT molecular complexity index is 774. The van der Waals surface area contributed by atoms with E-state index < -0.39 is 36.2 Å². The second-order valence-corrected chi connectivity index (χ2v) is 6.76. The van der Waals surface area contributed by atoms with Crippen molar-refractivity contribution in [2.75, 3.05) is 55.7 Å².